The molecule has 0 bridgehead atoms. The lowest BCUT2D eigenvalue weighted by molar-refractivity contribution is 0.544. The molecule has 0 fully saturated rings. The van der Waals surface area contributed by atoms with E-state index in [2.05, 4.69) is 11.4 Å². The molecule has 1 unspecified atom stereocenters. The molecule has 1 atom stereocenters. The van der Waals surface area contributed by atoms with Crippen molar-refractivity contribution in [2.75, 3.05) is 7.05 Å². The predicted molar refractivity (Wildman–Crippen MR) is 78.2 cm³/mol. The van der Waals surface area contributed by atoms with Gasteiger partial charge in [0.1, 0.15) is 11.6 Å². The molecule has 1 aromatic carbocycles. The van der Waals surface area contributed by atoms with Crippen LogP contribution in [0.3, 0.4) is 0 Å². The Labute approximate surface area is 121 Å². The maximum absolute atomic E-state index is 13.8. The zero-order valence-electron chi connectivity index (χ0n) is 11.4. The van der Waals surface area contributed by atoms with Crippen LogP contribution in [0.25, 0.3) is 0 Å². The van der Waals surface area contributed by atoms with Crippen LogP contribution in [0.1, 0.15) is 33.3 Å². The van der Waals surface area contributed by atoms with Gasteiger partial charge in [-0.1, -0.05) is 6.07 Å². The van der Waals surface area contributed by atoms with Gasteiger partial charge in [0.2, 0.25) is 0 Å². The summed E-state index contributed by atoms with van der Waals surface area (Å²) in [4.78, 5) is 2.72. The second-order valence-electron chi connectivity index (χ2n) is 5.23. The van der Waals surface area contributed by atoms with Gasteiger partial charge in [0.15, 0.2) is 0 Å². The topological polar surface area (TPSA) is 12.0 Å². The van der Waals surface area contributed by atoms with E-state index in [1.165, 1.54) is 40.3 Å². The van der Waals surface area contributed by atoms with Crippen LogP contribution >= 0.6 is 11.3 Å². The van der Waals surface area contributed by atoms with Crippen molar-refractivity contribution in [1.82, 2.24) is 5.32 Å². The molecule has 106 valence electrons. The van der Waals surface area contributed by atoms with Crippen molar-refractivity contribution in [3.8, 4) is 0 Å². The van der Waals surface area contributed by atoms with Crippen LogP contribution in [0.4, 0.5) is 8.78 Å². The first-order chi connectivity index (χ1) is 9.67. The first-order valence-corrected chi connectivity index (χ1v) is 7.71. The summed E-state index contributed by atoms with van der Waals surface area (Å²) in [7, 11) is 1.89. The fourth-order valence-corrected chi connectivity index (χ4v) is 4.14. The number of aryl methyl sites for hydroxylation is 2. The predicted octanol–water partition coefficient (Wildman–Crippen LogP) is 4.02. The Balaban J connectivity index is 1.82. The summed E-state index contributed by atoms with van der Waals surface area (Å²) in [5, 5.41) is 3.25. The molecular weight excluding hydrogens is 276 g/mol. The molecule has 4 heteroatoms. The summed E-state index contributed by atoms with van der Waals surface area (Å²) < 4.78 is 26.7. The van der Waals surface area contributed by atoms with Gasteiger partial charge in [0.05, 0.1) is 0 Å². The van der Waals surface area contributed by atoms with Crippen molar-refractivity contribution in [2.24, 2.45) is 0 Å². The van der Waals surface area contributed by atoms with E-state index >= 15 is 0 Å². The molecule has 0 saturated heterocycles. The molecule has 0 radical (unpaired) electrons. The Morgan fingerprint density at radius 2 is 2.10 bits per heavy atom. The summed E-state index contributed by atoms with van der Waals surface area (Å²) in [5.41, 5.74) is 2.00. The fourth-order valence-electron chi connectivity index (χ4n) is 2.78. The van der Waals surface area contributed by atoms with Gasteiger partial charge in [-0.3, -0.25) is 0 Å². The minimum absolute atomic E-state index is 0.0885. The van der Waals surface area contributed by atoms with Gasteiger partial charge in [-0.15, -0.1) is 11.3 Å². The summed E-state index contributed by atoms with van der Waals surface area (Å²) in [5.74, 6) is -0.989. The molecule has 3 rings (SSSR count). The standard InChI is InChI=1S/C16H17F2NS/c1-19-14(7-10-5-6-12(17)9-13(10)18)16-8-11-3-2-4-15(11)20-16/h5-6,8-9,14,19H,2-4,7H2,1H3. The fraction of sp³-hybridized carbons (Fsp3) is 0.375. The van der Waals surface area contributed by atoms with Crippen LogP contribution in [-0.4, -0.2) is 7.05 Å². The molecule has 1 aliphatic carbocycles. The third-order valence-corrected chi connectivity index (χ3v) is 5.25. The number of halogens is 2. The molecule has 0 saturated carbocycles. The molecule has 1 N–H and O–H groups in total. The summed E-state index contributed by atoms with van der Waals surface area (Å²) in [6.45, 7) is 0. The average molecular weight is 293 g/mol. The Morgan fingerprint density at radius 3 is 2.80 bits per heavy atom. The average Bonchev–Trinajstić information content (AvgIpc) is 2.98. The van der Waals surface area contributed by atoms with Crippen molar-refractivity contribution < 1.29 is 8.78 Å². The molecule has 0 amide bonds. The van der Waals surface area contributed by atoms with E-state index in [9.17, 15) is 8.78 Å². The lowest BCUT2D eigenvalue weighted by atomic mass is 10.0. The van der Waals surface area contributed by atoms with Gasteiger partial charge in [0, 0.05) is 21.9 Å². The summed E-state index contributed by atoms with van der Waals surface area (Å²) >= 11 is 1.82. The van der Waals surface area contributed by atoms with Crippen molar-refractivity contribution in [2.45, 2.75) is 31.7 Å². The van der Waals surface area contributed by atoms with Crippen molar-refractivity contribution in [3.05, 3.63) is 56.8 Å². The van der Waals surface area contributed by atoms with Crippen LogP contribution in [0.2, 0.25) is 0 Å². The molecular formula is C16H17F2NS. The molecule has 1 aliphatic rings. The minimum Gasteiger partial charge on any atom is -0.312 e. The SMILES string of the molecule is CNC(Cc1ccc(F)cc1F)c1cc2c(s1)CCC2. The number of hydrogen-bond donors (Lipinski definition) is 1. The Bertz CT molecular complexity index is 599. The second-order valence-corrected chi connectivity index (χ2v) is 6.40. The number of rotatable bonds is 4. The zero-order valence-corrected chi connectivity index (χ0v) is 12.2. The third kappa shape index (κ3) is 2.63. The lowest BCUT2D eigenvalue weighted by Gasteiger charge is -2.15. The monoisotopic (exact) mass is 293 g/mol. The second kappa shape index (κ2) is 5.62. The number of nitrogens with one attached hydrogen (secondary N) is 1. The van der Waals surface area contributed by atoms with Crippen LogP contribution in [0, 0.1) is 11.6 Å². The van der Waals surface area contributed by atoms with Gasteiger partial charge in [-0.25, -0.2) is 8.78 Å². The highest BCUT2D eigenvalue weighted by Crippen LogP contribution is 2.35. The van der Waals surface area contributed by atoms with Gasteiger partial charge >= 0.3 is 0 Å². The van der Waals surface area contributed by atoms with Crippen LogP contribution in [0.5, 0.6) is 0 Å². The molecule has 1 nitrogen and oxygen atoms in total. The van der Waals surface area contributed by atoms with Crippen LogP contribution in [-0.2, 0) is 19.3 Å². The maximum Gasteiger partial charge on any atom is 0.129 e. The normalized spacial score (nSPS) is 15.3. The third-order valence-electron chi connectivity index (χ3n) is 3.90. The first-order valence-electron chi connectivity index (χ1n) is 6.90. The molecule has 1 aromatic heterocycles. The van der Waals surface area contributed by atoms with Gasteiger partial charge in [0.25, 0.3) is 0 Å². The van der Waals surface area contributed by atoms with Crippen molar-refractivity contribution >= 4 is 11.3 Å². The first kappa shape index (κ1) is 13.7. The van der Waals surface area contributed by atoms with E-state index in [4.69, 9.17) is 0 Å². The molecule has 20 heavy (non-hydrogen) atoms. The molecule has 2 aromatic rings. The van der Waals surface area contributed by atoms with E-state index in [0.717, 1.165) is 12.5 Å². The highest BCUT2D eigenvalue weighted by atomic mass is 32.1. The van der Waals surface area contributed by atoms with E-state index in [0.29, 0.717) is 12.0 Å². The summed E-state index contributed by atoms with van der Waals surface area (Å²) in [6, 6.07) is 6.15. The van der Waals surface area contributed by atoms with Crippen molar-refractivity contribution in [3.63, 3.8) is 0 Å². The van der Waals surface area contributed by atoms with Crippen LogP contribution < -0.4 is 5.32 Å². The number of likely N-dealkylation sites (N-methyl/N-ethyl adjacent to an activating group) is 1. The highest BCUT2D eigenvalue weighted by Gasteiger charge is 2.20. The van der Waals surface area contributed by atoms with E-state index in [-0.39, 0.29) is 6.04 Å². The number of fused-ring (bicyclic) bond motifs is 1. The van der Waals surface area contributed by atoms with Gasteiger partial charge < -0.3 is 5.32 Å². The van der Waals surface area contributed by atoms with Crippen molar-refractivity contribution in [1.29, 1.82) is 0 Å². The van der Waals surface area contributed by atoms with Gasteiger partial charge in [-0.05, 0) is 56.0 Å². The number of hydrogen-bond acceptors (Lipinski definition) is 2. The number of benzene rings is 1. The Kier molecular flexibility index (Phi) is 3.85. The van der Waals surface area contributed by atoms with Crippen LogP contribution in [0.15, 0.2) is 24.3 Å². The maximum atomic E-state index is 13.8. The number of thiophene rings is 1. The Hall–Kier alpha value is -1.26. The smallest absolute Gasteiger partial charge is 0.129 e. The highest BCUT2D eigenvalue weighted by molar-refractivity contribution is 7.12. The van der Waals surface area contributed by atoms with Gasteiger partial charge in [-0.2, -0.15) is 0 Å². The van der Waals surface area contributed by atoms with E-state index in [1.807, 2.05) is 18.4 Å². The molecule has 0 spiro atoms. The molecule has 1 heterocycles. The zero-order chi connectivity index (χ0) is 14.1. The summed E-state index contributed by atoms with van der Waals surface area (Å²) in [6.07, 6.45) is 4.12. The van der Waals surface area contributed by atoms with E-state index in [1.54, 1.807) is 0 Å². The molecule has 0 aliphatic heterocycles. The Morgan fingerprint density at radius 1 is 1.25 bits per heavy atom. The quantitative estimate of drug-likeness (QED) is 0.898. The van der Waals surface area contributed by atoms with E-state index < -0.39 is 11.6 Å². The largest absolute Gasteiger partial charge is 0.312 e. The minimum atomic E-state index is -0.526. The lowest BCUT2D eigenvalue weighted by Crippen LogP contribution is -2.18.